The third-order valence-electron chi connectivity index (χ3n) is 1.72. The summed E-state index contributed by atoms with van der Waals surface area (Å²) in [4.78, 5) is 11.0. The van der Waals surface area contributed by atoms with E-state index in [0.717, 1.165) is 6.07 Å². The van der Waals surface area contributed by atoms with Crippen LogP contribution >= 0.6 is 0 Å². The Morgan fingerprint density at radius 3 is 2.53 bits per heavy atom. The van der Waals surface area contributed by atoms with E-state index in [4.69, 9.17) is 4.55 Å². The van der Waals surface area contributed by atoms with Gasteiger partial charge >= 0.3 is 35.5 Å². The normalized spacial score (nSPS) is 10.2. The van der Waals surface area contributed by atoms with Crippen molar-refractivity contribution in [3.05, 3.63) is 42.5 Å². The van der Waals surface area contributed by atoms with Crippen LogP contribution in [0.5, 0.6) is 0 Å². The molecular formula is C10H11NaO5S. The fourth-order valence-electron chi connectivity index (χ4n) is 1.07. The molecule has 5 nitrogen and oxygen atoms in total. The summed E-state index contributed by atoms with van der Waals surface area (Å²) in [6, 6.07) is 5.25. The predicted octanol–water partition coefficient (Wildman–Crippen LogP) is 0.628. The van der Waals surface area contributed by atoms with Crippen LogP contribution in [0.25, 0.3) is 0 Å². The summed E-state index contributed by atoms with van der Waals surface area (Å²) in [5.74, 6) is -0.826. The molecule has 7 heteroatoms. The monoisotopic (exact) mass is 266 g/mol. The Bertz CT molecular complexity index is 509. The Morgan fingerprint density at radius 1 is 1.41 bits per heavy atom. The quantitative estimate of drug-likeness (QED) is 0.374. The summed E-state index contributed by atoms with van der Waals surface area (Å²) in [6.45, 7) is 3.32. The Kier molecular flexibility index (Phi) is 6.66. The van der Waals surface area contributed by atoms with Crippen LogP contribution in [0.2, 0.25) is 0 Å². The van der Waals surface area contributed by atoms with Crippen molar-refractivity contribution >= 4 is 45.6 Å². The van der Waals surface area contributed by atoms with E-state index in [9.17, 15) is 13.2 Å². The van der Waals surface area contributed by atoms with Crippen LogP contribution in [0.4, 0.5) is 0 Å². The first kappa shape index (κ1) is 16.3. The zero-order chi connectivity index (χ0) is 12.2. The molecule has 0 aromatic heterocycles. The van der Waals surface area contributed by atoms with Gasteiger partial charge in [0, 0.05) is 0 Å². The molecule has 0 spiro atoms. The molecule has 0 radical (unpaired) electrons. The molecule has 88 valence electrons. The molecule has 0 unspecified atom stereocenters. The van der Waals surface area contributed by atoms with Crippen molar-refractivity contribution in [2.75, 3.05) is 6.61 Å². The number of hydrogen-bond donors (Lipinski definition) is 1. The minimum atomic E-state index is -4.43. The van der Waals surface area contributed by atoms with Gasteiger partial charge in [-0.1, -0.05) is 24.8 Å². The molecule has 0 aliphatic carbocycles. The molecule has 17 heavy (non-hydrogen) atoms. The second kappa shape index (κ2) is 6.93. The van der Waals surface area contributed by atoms with Crippen LogP contribution in [-0.4, -0.2) is 55.1 Å². The average Bonchev–Trinajstić information content (AvgIpc) is 2.24. The predicted molar refractivity (Wildman–Crippen MR) is 63.9 cm³/mol. The molecule has 0 aliphatic rings. The molecule has 0 heterocycles. The second-order valence-electron chi connectivity index (χ2n) is 2.86. The molecule has 0 bridgehead atoms. The third-order valence-corrected chi connectivity index (χ3v) is 2.63. The zero-order valence-electron chi connectivity index (χ0n) is 8.29. The molecule has 0 atom stereocenters. The summed E-state index contributed by atoms with van der Waals surface area (Å²) in [5.41, 5.74) is -0.202. The number of carbonyl (C=O) groups is 1. The molecule has 1 aromatic carbocycles. The van der Waals surface area contributed by atoms with Gasteiger partial charge in [0.15, 0.2) is 0 Å². The Labute approximate surface area is 122 Å². The molecule has 0 amide bonds. The van der Waals surface area contributed by atoms with Crippen molar-refractivity contribution in [3.63, 3.8) is 0 Å². The first-order valence-corrected chi connectivity index (χ1v) is 5.75. The summed E-state index contributed by atoms with van der Waals surface area (Å²) >= 11 is 0. The molecule has 1 aromatic rings. The SMILES string of the molecule is C=CCOC(=O)c1ccccc1S(=O)(=O)O.[NaH]. The van der Waals surface area contributed by atoms with Gasteiger partial charge in [-0.05, 0) is 12.1 Å². The van der Waals surface area contributed by atoms with Crippen LogP contribution in [0.1, 0.15) is 10.4 Å². The van der Waals surface area contributed by atoms with Gasteiger partial charge < -0.3 is 4.74 Å². The molecule has 0 aliphatic heterocycles. The summed E-state index contributed by atoms with van der Waals surface area (Å²) in [7, 11) is -4.43. The van der Waals surface area contributed by atoms with Gasteiger partial charge in [-0.2, -0.15) is 8.42 Å². The van der Waals surface area contributed by atoms with Crippen molar-refractivity contribution in [2.24, 2.45) is 0 Å². The Morgan fingerprint density at radius 2 is 2.00 bits per heavy atom. The summed E-state index contributed by atoms with van der Waals surface area (Å²) in [5, 5.41) is 0. The van der Waals surface area contributed by atoms with Crippen molar-refractivity contribution in [1.82, 2.24) is 0 Å². The van der Waals surface area contributed by atoms with Crippen LogP contribution in [-0.2, 0) is 14.9 Å². The van der Waals surface area contributed by atoms with E-state index < -0.39 is 21.0 Å². The zero-order valence-corrected chi connectivity index (χ0v) is 9.11. The summed E-state index contributed by atoms with van der Waals surface area (Å²) in [6.07, 6.45) is 1.36. The van der Waals surface area contributed by atoms with Gasteiger partial charge in [-0.3, -0.25) is 4.55 Å². The average molecular weight is 266 g/mol. The summed E-state index contributed by atoms with van der Waals surface area (Å²) < 4.78 is 35.5. The molecule has 0 fully saturated rings. The van der Waals surface area contributed by atoms with Gasteiger partial charge in [0.2, 0.25) is 0 Å². The van der Waals surface area contributed by atoms with Crippen molar-refractivity contribution < 1.29 is 22.5 Å². The van der Waals surface area contributed by atoms with E-state index >= 15 is 0 Å². The topological polar surface area (TPSA) is 80.7 Å². The number of hydrogen-bond acceptors (Lipinski definition) is 4. The molecule has 1 N–H and O–H groups in total. The number of esters is 1. The van der Waals surface area contributed by atoms with Gasteiger partial charge in [0.05, 0.1) is 5.56 Å². The van der Waals surface area contributed by atoms with Crippen LogP contribution in [0, 0.1) is 0 Å². The van der Waals surface area contributed by atoms with Crippen molar-refractivity contribution in [3.8, 4) is 0 Å². The first-order valence-electron chi connectivity index (χ1n) is 4.31. The van der Waals surface area contributed by atoms with E-state index in [2.05, 4.69) is 11.3 Å². The fraction of sp³-hybridized carbons (Fsp3) is 0.100. The number of carbonyl (C=O) groups excluding carboxylic acids is 1. The molecule has 1 rings (SSSR count). The standard InChI is InChI=1S/C10H10O5S.Na.H/c1-2-7-15-10(11)8-5-3-4-6-9(8)16(12,13)14;;/h2-6H,1,7H2,(H,12,13,14);;. The second-order valence-corrected chi connectivity index (χ2v) is 4.25. The first-order chi connectivity index (χ1) is 7.46. The van der Waals surface area contributed by atoms with Crippen LogP contribution in [0.15, 0.2) is 41.8 Å². The van der Waals surface area contributed by atoms with Gasteiger partial charge in [-0.15, -0.1) is 0 Å². The van der Waals surface area contributed by atoms with E-state index in [1.807, 2.05) is 0 Å². The molecule has 0 saturated heterocycles. The molecule has 0 saturated carbocycles. The van der Waals surface area contributed by atoms with E-state index in [-0.39, 0.29) is 41.7 Å². The van der Waals surface area contributed by atoms with E-state index in [1.54, 1.807) is 0 Å². The maximum absolute atomic E-state index is 11.4. The van der Waals surface area contributed by atoms with E-state index in [0.29, 0.717) is 0 Å². The Balaban J connectivity index is 0.00000256. The van der Waals surface area contributed by atoms with Gasteiger partial charge in [0.1, 0.15) is 11.5 Å². The third kappa shape index (κ3) is 4.61. The van der Waals surface area contributed by atoms with Crippen LogP contribution < -0.4 is 0 Å². The fourth-order valence-corrected chi connectivity index (χ4v) is 1.75. The van der Waals surface area contributed by atoms with E-state index in [1.165, 1.54) is 24.3 Å². The van der Waals surface area contributed by atoms with Gasteiger partial charge in [0.25, 0.3) is 10.1 Å². The maximum atomic E-state index is 11.4. The molecular weight excluding hydrogens is 255 g/mol. The Hall–Kier alpha value is -0.660. The number of rotatable bonds is 4. The van der Waals surface area contributed by atoms with Crippen molar-refractivity contribution in [1.29, 1.82) is 0 Å². The number of benzene rings is 1. The number of ether oxygens (including phenoxy) is 1. The van der Waals surface area contributed by atoms with Crippen molar-refractivity contribution in [2.45, 2.75) is 4.90 Å². The van der Waals surface area contributed by atoms with Gasteiger partial charge in [-0.25, -0.2) is 4.79 Å². The van der Waals surface area contributed by atoms with Crippen LogP contribution in [0.3, 0.4) is 0 Å². The minimum absolute atomic E-state index is 0.